The molecule has 3 aromatic heterocycles. The van der Waals surface area contributed by atoms with Crippen molar-refractivity contribution < 1.29 is 26.9 Å². The van der Waals surface area contributed by atoms with E-state index in [9.17, 15) is 18.0 Å². The minimum Gasteiger partial charge on any atom is -0.466 e. The van der Waals surface area contributed by atoms with E-state index in [0.717, 1.165) is 12.1 Å². The highest BCUT2D eigenvalue weighted by molar-refractivity contribution is 6.07. The molecule has 1 aromatic carbocycles. The summed E-state index contributed by atoms with van der Waals surface area (Å²) in [6.45, 7) is 5.20. The number of benzene rings is 1. The molecule has 0 saturated heterocycles. The molecule has 6 nitrogen and oxygen atoms in total. The quantitative estimate of drug-likeness (QED) is 0.473. The Morgan fingerprint density at radius 1 is 1.13 bits per heavy atom. The Balaban J connectivity index is 1.68. The van der Waals surface area contributed by atoms with Gasteiger partial charge in [0.05, 0.1) is 27.9 Å². The fraction of sp³-hybridized carbons (Fsp3) is 0.227. The van der Waals surface area contributed by atoms with Crippen LogP contribution in [0.5, 0.6) is 0 Å². The van der Waals surface area contributed by atoms with E-state index >= 15 is 0 Å². The first-order chi connectivity index (χ1) is 14.6. The average molecular weight is 429 g/mol. The summed E-state index contributed by atoms with van der Waals surface area (Å²) in [5.74, 6) is 0.852. The summed E-state index contributed by atoms with van der Waals surface area (Å²) in [6, 6.07) is 8.23. The lowest BCUT2D eigenvalue weighted by molar-refractivity contribution is -0.137. The number of hydrogen-bond acceptors (Lipinski definition) is 5. The van der Waals surface area contributed by atoms with Crippen LogP contribution in [0.2, 0.25) is 0 Å². The molecule has 0 aliphatic heterocycles. The summed E-state index contributed by atoms with van der Waals surface area (Å²) in [4.78, 5) is 17.4. The number of furan rings is 1. The maximum absolute atomic E-state index is 13.0. The zero-order valence-electron chi connectivity index (χ0n) is 16.9. The normalized spacial score (nSPS) is 11.8. The Morgan fingerprint density at radius 2 is 1.90 bits per heavy atom. The van der Waals surface area contributed by atoms with Gasteiger partial charge in [0.1, 0.15) is 11.5 Å². The van der Waals surface area contributed by atoms with Gasteiger partial charge in [-0.25, -0.2) is 4.98 Å². The van der Waals surface area contributed by atoms with Gasteiger partial charge in [0.15, 0.2) is 0 Å². The number of aromatic nitrogens is 2. The number of nitrogens with zero attached hydrogens (tertiary/aromatic N) is 2. The molecule has 4 aromatic rings. The summed E-state index contributed by atoms with van der Waals surface area (Å²) < 4.78 is 49.6. The first kappa shape index (κ1) is 20.6. The number of rotatable bonds is 4. The molecule has 9 heteroatoms. The van der Waals surface area contributed by atoms with E-state index < -0.39 is 17.6 Å². The molecule has 0 spiro atoms. The first-order valence-electron chi connectivity index (χ1n) is 9.42. The molecule has 0 radical (unpaired) electrons. The van der Waals surface area contributed by atoms with Crippen LogP contribution in [-0.2, 0) is 12.7 Å². The van der Waals surface area contributed by atoms with Crippen LogP contribution in [0.25, 0.3) is 22.4 Å². The Morgan fingerprint density at radius 3 is 2.58 bits per heavy atom. The number of aryl methyl sites for hydroxylation is 3. The lowest BCUT2D eigenvalue weighted by Gasteiger charge is -2.10. The number of hydrogen-bond donors (Lipinski definition) is 1. The lowest BCUT2D eigenvalue weighted by Crippen LogP contribution is -2.23. The highest BCUT2D eigenvalue weighted by Crippen LogP contribution is 2.31. The second-order valence-electron chi connectivity index (χ2n) is 7.21. The predicted molar refractivity (Wildman–Crippen MR) is 106 cm³/mol. The Hall–Kier alpha value is -3.62. The van der Waals surface area contributed by atoms with Crippen molar-refractivity contribution in [3.8, 4) is 11.3 Å². The van der Waals surface area contributed by atoms with Crippen molar-refractivity contribution >= 4 is 17.0 Å². The summed E-state index contributed by atoms with van der Waals surface area (Å²) >= 11 is 0. The van der Waals surface area contributed by atoms with Gasteiger partial charge in [-0.2, -0.15) is 13.2 Å². The van der Waals surface area contributed by atoms with Crippen molar-refractivity contribution in [3.63, 3.8) is 0 Å². The van der Waals surface area contributed by atoms with Gasteiger partial charge in [-0.3, -0.25) is 4.79 Å². The van der Waals surface area contributed by atoms with E-state index in [1.165, 1.54) is 12.1 Å². The summed E-state index contributed by atoms with van der Waals surface area (Å²) in [7, 11) is 0. The number of amides is 1. The van der Waals surface area contributed by atoms with Crippen molar-refractivity contribution in [2.75, 3.05) is 0 Å². The van der Waals surface area contributed by atoms with E-state index in [1.54, 1.807) is 32.9 Å². The lowest BCUT2D eigenvalue weighted by atomic mass is 10.0. The number of pyridine rings is 1. The van der Waals surface area contributed by atoms with Crippen molar-refractivity contribution in [1.82, 2.24) is 15.5 Å². The van der Waals surface area contributed by atoms with Gasteiger partial charge >= 0.3 is 6.18 Å². The van der Waals surface area contributed by atoms with E-state index in [-0.39, 0.29) is 17.8 Å². The van der Waals surface area contributed by atoms with Crippen molar-refractivity contribution in [2.24, 2.45) is 0 Å². The molecular weight excluding hydrogens is 411 g/mol. The van der Waals surface area contributed by atoms with Crippen LogP contribution in [0.1, 0.15) is 38.7 Å². The first-order valence-corrected chi connectivity index (χ1v) is 9.42. The molecule has 0 fully saturated rings. The highest BCUT2D eigenvalue weighted by atomic mass is 19.4. The summed E-state index contributed by atoms with van der Waals surface area (Å²) in [5, 5.41) is 7.01. The predicted octanol–water partition coefficient (Wildman–Crippen LogP) is 5.36. The van der Waals surface area contributed by atoms with Crippen LogP contribution in [-0.4, -0.2) is 16.0 Å². The fourth-order valence-corrected chi connectivity index (χ4v) is 3.43. The highest BCUT2D eigenvalue weighted by Gasteiger charge is 2.30. The second kappa shape index (κ2) is 7.57. The molecule has 1 N–H and O–H groups in total. The van der Waals surface area contributed by atoms with Gasteiger partial charge in [-0.1, -0.05) is 17.3 Å². The molecule has 0 bridgehead atoms. The third kappa shape index (κ3) is 4.03. The van der Waals surface area contributed by atoms with Crippen LogP contribution in [0.15, 0.2) is 45.3 Å². The summed E-state index contributed by atoms with van der Waals surface area (Å²) in [5.41, 5.74) is 1.69. The standard InChI is InChI=1S/C22H18F3N3O3/c1-11-7-16(13(3)30-11)18-9-17(19-12(2)28-31-21(19)27-18)20(29)26-10-14-5-4-6-15(8-14)22(23,24)25/h4-9H,10H2,1-3H3,(H,26,29). The maximum atomic E-state index is 13.0. The van der Waals surface area contributed by atoms with Crippen LogP contribution < -0.4 is 5.32 Å². The minimum atomic E-state index is -4.45. The number of nitrogens with one attached hydrogen (secondary N) is 1. The molecule has 0 aliphatic rings. The van der Waals surface area contributed by atoms with Gasteiger partial charge in [-0.05, 0) is 50.6 Å². The molecule has 3 heterocycles. The molecule has 0 unspecified atom stereocenters. The molecule has 1 amide bonds. The number of fused-ring (bicyclic) bond motifs is 1. The van der Waals surface area contributed by atoms with Gasteiger partial charge < -0.3 is 14.3 Å². The molecule has 4 rings (SSSR count). The number of alkyl halides is 3. The van der Waals surface area contributed by atoms with E-state index in [2.05, 4.69) is 15.5 Å². The Labute approximate surface area is 175 Å². The van der Waals surface area contributed by atoms with Crippen molar-refractivity contribution in [2.45, 2.75) is 33.5 Å². The minimum absolute atomic E-state index is 0.0733. The molecule has 0 aliphatic carbocycles. The summed E-state index contributed by atoms with van der Waals surface area (Å²) in [6.07, 6.45) is -4.45. The fourth-order valence-electron chi connectivity index (χ4n) is 3.43. The third-order valence-electron chi connectivity index (χ3n) is 4.89. The molecule has 160 valence electrons. The smallest absolute Gasteiger partial charge is 0.416 e. The van der Waals surface area contributed by atoms with Gasteiger partial charge in [0, 0.05) is 12.1 Å². The monoisotopic (exact) mass is 429 g/mol. The maximum Gasteiger partial charge on any atom is 0.416 e. The third-order valence-corrected chi connectivity index (χ3v) is 4.89. The number of halogens is 3. The van der Waals surface area contributed by atoms with Crippen LogP contribution in [0.3, 0.4) is 0 Å². The van der Waals surface area contributed by atoms with E-state index in [0.29, 0.717) is 39.4 Å². The second-order valence-corrected chi connectivity index (χ2v) is 7.21. The zero-order valence-corrected chi connectivity index (χ0v) is 16.9. The largest absolute Gasteiger partial charge is 0.466 e. The number of carbonyl (C=O) groups excluding carboxylic acids is 1. The Kier molecular flexibility index (Phi) is 5.04. The van der Waals surface area contributed by atoms with Gasteiger partial charge in [0.25, 0.3) is 11.6 Å². The SMILES string of the molecule is Cc1cc(-c2cc(C(=O)NCc3cccc(C(F)(F)F)c3)c3c(C)noc3n2)c(C)o1. The van der Waals surface area contributed by atoms with Crippen molar-refractivity contribution in [3.05, 3.63) is 70.3 Å². The van der Waals surface area contributed by atoms with Crippen LogP contribution in [0.4, 0.5) is 13.2 Å². The van der Waals surface area contributed by atoms with Crippen LogP contribution >= 0.6 is 0 Å². The van der Waals surface area contributed by atoms with Crippen LogP contribution in [0, 0.1) is 20.8 Å². The topological polar surface area (TPSA) is 81.2 Å². The van der Waals surface area contributed by atoms with Gasteiger partial charge in [-0.15, -0.1) is 0 Å². The number of carbonyl (C=O) groups is 1. The van der Waals surface area contributed by atoms with E-state index in [1.807, 2.05) is 0 Å². The van der Waals surface area contributed by atoms with Gasteiger partial charge in [0.2, 0.25) is 0 Å². The van der Waals surface area contributed by atoms with Crippen molar-refractivity contribution in [1.29, 1.82) is 0 Å². The average Bonchev–Trinajstić information content (AvgIpc) is 3.26. The molecular formula is C22H18F3N3O3. The van der Waals surface area contributed by atoms with E-state index in [4.69, 9.17) is 8.94 Å². The Bertz CT molecular complexity index is 1290. The zero-order chi connectivity index (χ0) is 22.3. The molecule has 0 saturated carbocycles. The molecule has 31 heavy (non-hydrogen) atoms. The molecule has 0 atom stereocenters.